The molecule has 0 aromatic heterocycles. The zero-order valence-electron chi connectivity index (χ0n) is 5.14. The van der Waals surface area contributed by atoms with Crippen LogP contribution in [-0.4, -0.2) is 24.5 Å². The Balaban J connectivity index is 0. The molecule has 9 heavy (non-hydrogen) atoms. The van der Waals surface area contributed by atoms with E-state index in [2.05, 4.69) is 29.5 Å². The van der Waals surface area contributed by atoms with E-state index < -0.39 is 10.4 Å². The topological polar surface area (TPSA) is 46.2 Å². The molecule has 0 saturated heterocycles. The van der Waals surface area contributed by atoms with Crippen LogP contribution in [0.2, 0.25) is 0 Å². The summed E-state index contributed by atoms with van der Waals surface area (Å²) in [6.45, 7) is 0. The van der Waals surface area contributed by atoms with Crippen molar-refractivity contribution in [3.8, 4) is 0 Å². The van der Waals surface area contributed by atoms with Crippen molar-refractivity contribution in [2.24, 2.45) is 0 Å². The van der Waals surface area contributed by atoms with Gasteiger partial charge in [-0.3, -0.25) is 9.59 Å². The van der Waals surface area contributed by atoms with Crippen LogP contribution in [0.15, 0.2) is 0 Å². The average molecular weight is 170 g/mol. The number of carbonyl (C=O) groups excluding carboxylic acids is 2. The molecule has 0 amide bonds. The molecule has 0 unspecified atom stereocenters. The van der Waals surface area contributed by atoms with E-state index in [-0.39, 0.29) is 0 Å². The molecular formula is C4H8ClNO2S. The highest BCUT2D eigenvalue weighted by molar-refractivity contribution is 7.99. The Morgan fingerprint density at radius 1 is 1.44 bits per heavy atom. The molecule has 5 heteroatoms. The zero-order chi connectivity index (χ0) is 7.86. The van der Waals surface area contributed by atoms with Crippen LogP contribution in [0, 0.1) is 0 Å². The molecule has 0 rings (SSSR count). The Morgan fingerprint density at radius 2 is 1.56 bits per heavy atom. The van der Waals surface area contributed by atoms with Crippen LogP contribution in [0.1, 0.15) is 0 Å². The third kappa shape index (κ3) is 18.0. The minimum atomic E-state index is -1.04. The largest absolute Gasteiger partial charge is 0.323 e. The van der Waals surface area contributed by atoms with E-state index in [0.29, 0.717) is 0 Å². The maximum atomic E-state index is 9.53. The zero-order valence-corrected chi connectivity index (χ0v) is 6.79. The van der Waals surface area contributed by atoms with Gasteiger partial charge in [0, 0.05) is 0 Å². The number of nitrogens with one attached hydrogen (secondary N) is 1. The summed E-state index contributed by atoms with van der Waals surface area (Å²) in [5, 5.41) is 0.787. The first-order valence-electron chi connectivity index (χ1n) is 2.07. The normalized spacial score (nSPS) is 7.11. The van der Waals surface area contributed by atoms with Gasteiger partial charge in [-0.25, -0.2) is 0 Å². The van der Waals surface area contributed by atoms with Crippen LogP contribution in [-0.2, 0) is 9.59 Å². The van der Waals surface area contributed by atoms with Crippen molar-refractivity contribution in [2.75, 3.05) is 14.1 Å². The second-order valence-electron chi connectivity index (χ2n) is 1.08. The van der Waals surface area contributed by atoms with Gasteiger partial charge in [-0.1, -0.05) is 12.6 Å². The van der Waals surface area contributed by atoms with E-state index in [0.717, 1.165) is 0 Å². The lowest BCUT2D eigenvalue weighted by atomic mass is 10.9. The van der Waals surface area contributed by atoms with Crippen LogP contribution in [0.25, 0.3) is 0 Å². The van der Waals surface area contributed by atoms with Crippen molar-refractivity contribution < 1.29 is 9.59 Å². The fourth-order valence-electron chi connectivity index (χ4n) is 0. The Morgan fingerprint density at radius 3 is 1.56 bits per heavy atom. The van der Waals surface area contributed by atoms with Gasteiger partial charge in [0.25, 0.3) is 10.4 Å². The van der Waals surface area contributed by atoms with E-state index in [4.69, 9.17) is 0 Å². The van der Waals surface area contributed by atoms with Crippen LogP contribution in [0.4, 0.5) is 0 Å². The van der Waals surface area contributed by atoms with Crippen molar-refractivity contribution in [3.63, 3.8) is 0 Å². The van der Waals surface area contributed by atoms with Gasteiger partial charge < -0.3 is 5.32 Å². The SMILES string of the molecule is CNC.O=C(S)C(=O)Cl. The molecule has 1 N–H and O–H groups in total. The molecule has 0 aromatic carbocycles. The van der Waals surface area contributed by atoms with Gasteiger partial charge in [-0.2, -0.15) is 0 Å². The number of thiol groups is 1. The fourth-order valence-corrected chi connectivity index (χ4v) is 0. The lowest BCUT2D eigenvalue weighted by molar-refractivity contribution is -0.126. The van der Waals surface area contributed by atoms with Gasteiger partial charge in [0.1, 0.15) is 0 Å². The van der Waals surface area contributed by atoms with E-state index in [1.807, 2.05) is 14.1 Å². The van der Waals surface area contributed by atoms with E-state index in [1.54, 1.807) is 0 Å². The molecule has 0 aliphatic heterocycles. The number of hydrogen-bond donors (Lipinski definition) is 2. The van der Waals surface area contributed by atoms with Crippen LogP contribution in [0.5, 0.6) is 0 Å². The molecule has 0 aromatic rings. The number of rotatable bonds is 1. The van der Waals surface area contributed by atoms with Crippen molar-refractivity contribution in [2.45, 2.75) is 0 Å². The first-order valence-corrected chi connectivity index (χ1v) is 2.90. The molecule has 0 fully saturated rings. The summed E-state index contributed by atoms with van der Waals surface area (Å²) in [7, 11) is 3.75. The Bertz CT molecular complexity index is 94.7. The maximum Gasteiger partial charge on any atom is 0.299 e. The van der Waals surface area contributed by atoms with Crippen LogP contribution >= 0.6 is 24.2 Å². The second kappa shape index (κ2) is 7.94. The smallest absolute Gasteiger partial charge is 0.299 e. The third-order valence-corrected chi connectivity index (χ3v) is 0.675. The van der Waals surface area contributed by atoms with Crippen LogP contribution < -0.4 is 5.32 Å². The van der Waals surface area contributed by atoms with Gasteiger partial charge in [-0.15, -0.1) is 0 Å². The van der Waals surface area contributed by atoms with Gasteiger partial charge >= 0.3 is 0 Å². The number of halogens is 1. The molecule has 0 aliphatic carbocycles. The monoisotopic (exact) mass is 169 g/mol. The quantitative estimate of drug-likeness (QED) is 0.331. The van der Waals surface area contributed by atoms with Gasteiger partial charge in [0.05, 0.1) is 0 Å². The van der Waals surface area contributed by atoms with E-state index >= 15 is 0 Å². The van der Waals surface area contributed by atoms with Crippen molar-refractivity contribution in [3.05, 3.63) is 0 Å². The summed E-state index contributed by atoms with van der Waals surface area (Å²) in [6, 6.07) is 0. The molecule has 0 bridgehead atoms. The highest BCUT2D eigenvalue weighted by Gasteiger charge is 1.99. The summed E-state index contributed by atoms with van der Waals surface area (Å²) < 4.78 is 0. The Kier molecular flexibility index (Phi) is 10.3. The molecule has 0 atom stereocenters. The summed E-state index contributed by atoms with van der Waals surface area (Å²) >= 11 is 7.62. The lowest BCUT2D eigenvalue weighted by Crippen LogP contribution is -1.94. The molecule has 3 nitrogen and oxygen atoms in total. The molecule has 0 heterocycles. The number of carbonyl (C=O) groups is 2. The highest BCUT2D eigenvalue weighted by atomic mass is 35.5. The lowest BCUT2D eigenvalue weighted by Gasteiger charge is -1.69. The summed E-state index contributed by atoms with van der Waals surface area (Å²) in [4.78, 5) is 19.0. The number of hydrogen-bond acceptors (Lipinski definition) is 3. The average Bonchev–Trinajstić information content (AvgIpc) is 1.68. The molecule has 0 aliphatic rings. The minimum absolute atomic E-state index is 0.920. The fraction of sp³-hybridized carbons (Fsp3) is 0.500. The summed E-state index contributed by atoms with van der Waals surface area (Å²) in [5.74, 6) is 0. The first kappa shape index (κ1) is 11.7. The highest BCUT2D eigenvalue weighted by Crippen LogP contribution is 1.84. The molecule has 0 radical (unpaired) electrons. The third-order valence-electron chi connectivity index (χ3n) is 0.168. The minimum Gasteiger partial charge on any atom is -0.323 e. The maximum absolute atomic E-state index is 9.53. The summed E-state index contributed by atoms with van der Waals surface area (Å²) in [5.41, 5.74) is 0. The molecular weight excluding hydrogens is 162 g/mol. The standard InChI is InChI=1S/C2HClO2S.C2H7N/c3-1(4)2(5)6;1-3-2/h(H,5,6);3H,1-2H3. The molecule has 0 saturated carbocycles. The molecule has 0 spiro atoms. The first-order chi connectivity index (χ1) is 4.06. The summed E-state index contributed by atoms with van der Waals surface area (Å²) in [6.07, 6.45) is 0. The Labute approximate surface area is 64.2 Å². The van der Waals surface area contributed by atoms with E-state index in [1.165, 1.54) is 0 Å². The van der Waals surface area contributed by atoms with Crippen molar-refractivity contribution in [1.82, 2.24) is 5.32 Å². The molecule has 54 valence electrons. The predicted molar refractivity (Wildman–Crippen MR) is 39.8 cm³/mol. The van der Waals surface area contributed by atoms with Gasteiger partial charge in [-0.05, 0) is 25.7 Å². The Hall–Kier alpha value is -0.0600. The second-order valence-corrected chi connectivity index (χ2v) is 1.83. The van der Waals surface area contributed by atoms with Gasteiger partial charge in [0.15, 0.2) is 0 Å². The van der Waals surface area contributed by atoms with Crippen molar-refractivity contribution >= 4 is 34.6 Å². The van der Waals surface area contributed by atoms with Crippen molar-refractivity contribution in [1.29, 1.82) is 0 Å². The predicted octanol–water partition coefficient (Wildman–Crippen LogP) is 0.0438. The van der Waals surface area contributed by atoms with Crippen LogP contribution in [0.3, 0.4) is 0 Å². The van der Waals surface area contributed by atoms with E-state index in [9.17, 15) is 9.59 Å². The van der Waals surface area contributed by atoms with Gasteiger partial charge in [0.2, 0.25) is 0 Å².